The van der Waals surface area contributed by atoms with E-state index in [1.807, 2.05) is 0 Å². The molecule has 0 unspecified atom stereocenters. The predicted molar refractivity (Wildman–Crippen MR) is 78.3 cm³/mol. The van der Waals surface area contributed by atoms with Gasteiger partial charge in [-0.3, -0.25) is 0 Å². The van der Waals surface area contributed by atoms with Gasteiger partial charge in [0.05, 0.1) is 13.7 Å². The summed E-state index contributed by atoms with van der Waals surface area (Å²) in [6.07, 6.45) is 4.08. The van der Waals surface area contributed by atoms with Crippen molar-refractivity contribution in [3.05, 3.63) is 12.3 Å². The van der Waals surface area contributed by atoms with E-state index in [4.69, 9.17) is 9.47 Å². The SMILES string of the molecule is COCCNCC1CCN(c2nccc(OC)n2)CC1. The lowest BCUT2D eigenvalue weighted by Gasteiger charge is -2.32. The Balaban J connectivity index is 1.76. The first-order chi connectivity index (χ1) is 9.83. The fraction of sp³-hybridized carbons (Fsp3) is 0.714. The highest BCUT2D eigenvalue weighted by Crippen LogP contribution is 2.21. The van der Waals surface area contributed by atoms with E-state index in [2.05, 4.69) is 20.2 Å². The van der Waals surface area contributed by atoms with Crippen molar-refractivity contribution in [2.24, 2.45) is 5.92 Å². The third-order valence-corrected chi connectivity index (χ3v) is 3.64. The van der Waals surface area contributed by atoms with Crippen LogP contribution < -0.4 is 15.0 Å². The van der Waals surface area contributed by atoms with Gasteiger partial charge in [0.15, 0.2) is 0 Å². The van der Waals surface area contributed by atoms with E-state index in [-0.39, 0.29) is 0 Å². The van der Waals surface area contributed by atoms with Crippen LogP contribution in [0.25, 0.3) is 0 Å². The normalized spacial score (nSPS) is 16.4. The molecular formula is C14H24N4O2. The maximum atomic E-state index is 5.14. The van der Waals surface area contributed by atoms with Gasteiger partial charge in [0.25, 0.3) is 0 Å². The second-order valence-corrected chi connectivity index (χ2v) is 5.03. The summed E-state index contributed by atoms with van der Waals surface area (Å²) in [7, 11) is 3.36. The average Bonchev–Trinajstić information content (AvgIpc) is 2.52. The molecule has 2 heterocycles. The summed E-state index contributed by atoms with van der Waals surface area (Å²) in [6, 6.07) is 1.77. The van der Waals surface area contributed by atoms with Gasteiger partial charge in [0, 0.05) is 39.0 Å². The van der Waals surface area contributed by atoms with Crippen LogP contribution >= 0.6 is 0 Å². The first-order valence-electron chi connectivity index (χ1n) is 7.15. The molecule has 0 amide bonds. The lowest BCUT2D eigenvalue weighted by atomic mass is 9.97. The van der Waals surface area contributed by atoms with Crippen molar-refractivity contribution in [1.29, 1.82) is 0 Å². The van der Waals surface area contributed by atoms with Crippen LogP contribution in [0.5, 0.6) is 5.88 Å². The van der Waals surface area contributed by atoms with Gasteiger partial charge in [-0.1, -0.05) is 0 Å². The molecule has 1 aromatic rings. The zero-order chi connectivity index (χ0) is 14.2. The summed E-state index contributed by atoms with van der Waals surface area (Å²) in [5, 5.41) is 3.43. The van der Waals surface area contributed by atoms with Crippen LogP contribution in [-0.2, 0) is 4.74 Å². The topological polar surface area (TPSA) is 59.5 Å². The van der Waals surface area contributed by atoms with Gasteiger partial charge in [0.1, 0.15) is 0 Å². The number of nitrogens with zero attached hydrogens (tertiary/aromatic N) is 3. The summed E-state index contributed by atoms with van der Waals surface area (Å²) in [4.78, 5) is 10.9. The Morgan fingerprint density at radius 2 is 2.15 bits per heavy atom. The number of piperidine rings is 1. The van der Waals surface area contributed by atoms with Gasteiger partial charge < -0.3 is 19.7 Å². The molecule has 1 aliphatic rings. The van der Waals surface area contributed by atoms with Gasteiger partial charge in [-0.2, -0.15) is 4.98 Å². The van der Waals surface area contributed by atoms with Crippen molar-refractivity contribution in [2.75, 3.05) is 51.9 Å². The summed E-state index contributed by atoms with van der Waals surface area (Å²) in [6.45, 7) is 4.77. The minimum absolute atomic E-state index is 0.623. The molecule has 1 aromatic heterocycles. The molecule has 2 rings (SSSR count). The second kappa shape index (κ2) is 8.01. The van der Waals surface area contributed by atoms with Crippen LogP contribution in [0.3, 0.4) is 0 Å². The fourth-order valence-corrected chi connectivity index (χ4v) is 2.42. The third-order valence-electron chi connectivity index (χ3n) is 3.64. The van der Waals surface area contributed by atoms with Crippen molar-refractivity contribution in [3.63, 3.8) is 0 Å². The predicted octanol–water partition coefficient (Wildman–Crippen LogP) is 0.938. The van der Waals surface area contributed by atoms with E-state index >= 15 is 0 Å². The number of aromatic nitrogens is 2. The Labute approximate surface area is 120 Å². The summed E-state index contributed by atoms with van der Waals surface area (Å²) in [5.41, 5.74) is 0. The van der Waals surface area contributed by atoms with Crippen LogP contribution in [0.2, 0.25) is 0 Å². The lowest BCUT2D eigenvalue weighted by molar-refractivity contribution is 0.196. The van der Waals surface area contributed by atoms with Crippen LogP contribution in [0.1, 0.15) is 12.8 Å². The largest absolute Gasteiger partial charge is 0.481 e. The number of methoxy groups -OCH3 is 2. The molecule has 6 nitrogen and oxygen atoms in total. The molecule has 1 fully saturated rings. The molecule has 0 aromatic carbocycles. The maximum Gasteiger partial charge on any atom is 0.228 e. The van der Waals surface area contributed by atoms with E-state index in [1.165, 1.54) is 12.8 Å². The molecule has 1 N–H and O–H groups in total. The Morgan fingerprint density at radius 3 is 2.85 bits per heavy atom. The van der Waals surface area contributed by atoms with Crippen LogP contribution in [0.15, 0.2) is 12.3 Å². The minimum Gasteiger partial charge on any atom is -0.481 e. The number of hydrogen-bond donors (Lipinski definition) is 1. The average molecular weight is 280 g/mol. The minimum atomic E-state index is 0.623. The van der Waals surface area contributed by atoms with Crippen molar-refractivity contribution in [3.8, 4) is 5.88 Å². The van der Waals surface area contributed by atoms with Gasteiger partial charge >= 0.3 is 0 Å². The van der Waals surface area contributed by atoms with Gasteiger partial charge in [-0.25, -0.2) is 4.98 Å². The number of nitrogens with one attached hydrogen (secondary N) is 1. The molecule has 0 saturated carbocycles. The fourth-order valence-electron chi connectivity index (χ4n) is 2.42. The van der Waals surface area contributed by atoms with Crippen molar-refractivity contribution < 1.29 is 9.47 Å². The zero-order valence-electron chi connectivity index (χ0n) is 12.3. The van der Waals surface area contributed by atoms with E-state index in [1.54, 1.807) is 26.5 Å². The lowest BCUT2D eigenvalue weighted by Crippen LogP contribution is -2.38. The molecule has 0 bridgehead atoms. The van der Waals surface area contributed by atoms with Crippen molar-refractivity contribution in [2.45, 2.75) is 12.8 Å². The number of anilines is 1. The van der Waals surface area contributed by atoms with E-state index in [9.17, 15) is 0 Å². The van der Waals surface area contributed by atoms with Crippen molar-refractivity contribution >= 4 is 5.95 Å². The third kappa shape index (κ3) is 4.31. The molecule has 0 radical (unpaired) electrons. The summed E-state index contributed by atoms with van der Waals surface area (Å²) < 4.78 is 10.2. The molecule has 20 heavy (non-hydrogen) atoms. The van der Waals surface area contributed by atoms with Gasteiger partial charge in [-0.05, 0) is 25.3 Å². The summed E-state index contributed by atoms with van der Waals surface area (Å²) >= 11 is 0. The first kappa shape index (κ1) is 15.0. The Hall–Kier alpha value is -1.40. The molecule has 1 saturated heterocycles. The number of rotatable bonds is 7. The van der Waals surface area contributed by atoms with Crippen LogP contribution in [0, 0.1) is 5.92 Å². The Morgan fingerprint density at radius 1 is 1.35 bits per heavy atom. The molecular weight excluding hydrogens is 256 g/mol. The van der Waals surface area contributed by atoms with E-state index in [0.29, 0.717) is 5.88 Å². The van der Waals surface area contributed by atoms with Crippen LogP contribution in [-0.4, -0.2) is 57.0 Å². The highest BCUT2D eigenvalue weighted by atomic mass is 16.5. The van der Waals surface area contributed by atoms with Crippen molar-refractivity contribution in [1.82, 2.24) is 15.3 Å². The monoisotopic (exact) mass is 280 g/mol. The Kier molecular flexibility index (Phi) is 6.01. The molecule has 0 spiro atoms. The highest BCUT2D eigenvalue weighted by Gasteiger charge is 2.20. The second-order valence-electron chi connectivity index (χ2n) is 5.03. The van der Waals surface area contributed by atoms with Gasteiger partial charge in [-0.15, -0.1) is 0 Å². The molecule has 0 atom stereocenters. The molecule has 1 aliphatic heterocycles. The standard InChI is InChI=1S/C14H24N4O2/c1-19-10-7-15-11-12-4-8-18(9-5-12)14-16-6-3-13(17-14)20-2/h3,6,12,15H,4-5,7-11H2,1-2H3. The Bertz CT molecular complexity index is 395. The number of ether oxygens (including phenoxy) is 2. The maximum absolute atomic E-state index is 5.14. The smallest absolute Gasteiger partial charge is 0.228 e. The van der Waals surface area contributed by atoms with E-state index in [0.717, 1.165) is 44.7 Å². The molecule has 6 heteroatoms. The zero-order valence-corrected chi connectivity index (χ0v) is 12.3. The first-order valence-corrected chi connectivity index (χ1v) is 7.15. The molecule has 112 valence electrons. The van der Waals surface area contributed by atoms with E-state index < -0.39 is 0 Å². The summed E-state index contributed by atoms with van der Waals surface area (Å²) in [5.74, 6) is 2.13. The molecule has 0 aliphatic carbocycles. The van der Waals surface area contributed by atoms with Crippen LogP contribution in [0.4, 0.5) is 5.95 Å². The number of hydrogen-bond acceptors (Lipinski definition) is 6. The quantitative estimate of drug-likeness (QED) is 0.750. The van der Waals surface area contributed by atoms with Gasteiger partial charge in [0.2, 0.25) is 11.8 Å². The highest BCUT2D eigenvalue weighted by molar-refractivity contribution is 5.32.